The van der Waals surface area contributed by atoms with Crippen molar-refractivity contribution >= 4 is 6.03 Å². The zero-order valence-corrected chi connectivity index (χ0v) is 14.3. The van der Waals surface area contributed by atoms with Gasteiger partial charge in [-0.2, -0.15) is 0 Å². The minimum absolute atomic E-state index is 0.126. The van der Waals surface area contributed by atoms with Crippen LogP contribution in [-0.4, -0.2) is 30.9 Å². The van der Waals surface area contributed by atoms with E-state index in [1.54, 1.807) is 7.11 Å². The van der Waals surface area contributed by atoms with Gasteiger partial charge in [-0.05, 0) is 51.5 Å². The van der Waals surface area contributed by atoms with Gasteiger partial charge >= 0.3 is 6.03 Å². The van der Waals surface area contributed by atoms with Crippen molar-refractivity contribution in [2.24, 2.45) is 5.92 Å². The highest BCUT2D eigenvalue weighted by Crippen LogP contribution is 2.26. The lowest BCUT2D eigenvalue weighted by molar-refractivity contribution is 0.174. The highest BCUT2D eigenvalue weighted by atomic mass is 16.5. The number of aliphatic hydroxyl groups is 1. The third-order valence-electron chi connectivity index (χ3n) is 4.64. The third kappa shape index (κ3) is 4.86. The Bertz CT molecular complexity index is 525. The lowest BCUT2D eigenvalue weighted by atomic mass is 9.87. The van der Waals surface area contributed by atoms with Crippen molar-refractivity contribution in [2.75, 3.05) is 13.7 Å². The van der Waals surface area contributed by atoms with Crippen molar-refractivity contribution in [3.63, 3.8) is 0 Å². The molecule has 3 N–H and O–H groups in total. The molecule has 1 aliphatic carbocycles. The average Bonchev–Trinajstić information content (AvgIpc) is 2.55. The maximum atomic E-state index is 12.2. The highest BCUT2D eigenvalue weighted by molar-refractivity contribution is 5.75. The van der Waals surface area contributed by atoms with Crippen molar-refractivity contribution in [2.45, 2.75) is 51.6 Å². The van der Waals surface area contributed by atoms with Crippen LogP contribution in [0.4, 0.5) is 4.79 Å². The van der Waals surface area contributed by atoms with Crippen molar-refractivity contribution in [1.29, 1.82) is 0 Å². The molecule has 1 aromatic carbocycles. The maximum absolute atomic E-state index is 12.2. The molecule has 0 heterocycles. The number of hydrogen-bond acceptors (Lipinski definition) is 3. The summed E-state index contributed by atoms with van der Waals surface area (Å²) in [5.41, 5.74) is 2.11. The molecule has 0 radical (unpaired) electrons. The maximum Gasteiger partial charge on any atom is 0.315 e. The molecule has 0 aliphatic heterocycles. The molecule has 1 aliphatic rings. The molecule has 1 fully saturated rings. The minimum atomic E-state index is -0.145. The van der Waals surface area contributed by atoms with E-state index in [1.807, 2.05) is 32.0 Å². The zero-order chi connectivity index (χ0) is 16.8. The first-order valence-corrected chi connectivity index (χ1v) is 8.36. The van der Waals surface area contributed by atoms with Crippen LogP contribution in [-0.2, 0) is 0 Å². The van der Waals surface area contributed by atoms with Crippen molar-refractivity contribution in [3.05, 3.63) is 29.3 Å². The SMILES string of the molecule is COc1ccc(C)cc1C(C)NC(=O)NC1CCC(CO)CC1. The number of ether oxygens (including phenoxy) is 1. The molecule has 0 spiro atoms. The summed E-state index contributed by atoms with van der Waals surface area (Å²) in [6, 6.07) is 5.89. The molecular formula is C18H28N2O3. The van der Waals surface area contributed by atoms with Gasteiger partial charge in [0.1, 0.15) is 5.75 Å². The van der Waals surface area contributed by atoms with Crippen LogP contribution in [0.2, 0.25) is 0 Å². The Morgan fingerprint density at radius 1 is 1.35 bits per heavy atom. The lowest BCUT2D eigenvalue weighted by Crippen LogP contribution is -2.44. The van der Waals surface area contributed by atoms with Gasteiger partial charge in [0.2, 0.25) is 0 Å². The Balaban J connectivity index is 1.89. The van der Waals surface area contributed by atoms with Gasteiger partial charge in [-0.15, -0.1) is 0 Å². The molecule has 1 saturated carbocycles. The Labute approximate surface area is 138 Å². The number of amides is 2. The van der Waals surface area contributed by atoms with Crippen LogP contribution in [0.15, 0.2) is 18.2 Å². The van der Waals surface area contributed by atoms with E-state index < -0.39 is 0 Å². The van der Waals surface area contributed by atoms with Crippen molar-refractivity contribution < 1.29 is 14.6 Å². The van der Waals surface area contributed by atoms with E-state index in [0.717, 1.165) is 42.6 Å². The molecule has 23 heavy (non-hydrogen) atoms. The molecule has 2 amide bonds. The van der Waals surface area contributed by atoms with Gasteiger partial charge in [0, 0.05) is 18.2 Å². The second-order valence-electron chi connectivity index (χ2n) is 6.49. The number of hydrogen-bond donors (Lipinski definition) is 3. The fraction of sp³-hybridized carbons (Fsp3) is 0.611. The van der Waals surface area contributed by atoms with Gasteiger partial charge in [0.15, 0.2) is 0 Å². The standard InChI is InChI=1S/C18H28N2O3/c1-12-4-9-17(23-3)16(10-12)13(2)19-18(22)20-15-7-5-14(11-21)6-8-15/h4,9-10,13-15,21H,5-8,11H2,1-3H3,(H2,19,20,22). The predicted octanol–water partition coefficient (Wildman–Crippen LogP) is 2.91. The molecule has 1 atom stereocenters. The number of benzene rings is 1. The van der Waals surface area contributed by atoms with E-state index in [2.05, 4.69) is 10.6 Å². The summed E-state index contributed by atoms with van der Waals surface area (Å²) in [5.74, 6) is 1.18. The van der Waals surface area contributed by atoms with Crippen LogP contribution in [0, 0.1) is 12.8 Å². The number of methoxy groups -OCH3 is 1. The normalized spacial score (nSPS) is 22.3. The van der Waals surface area contributed by atoms with Crippen LogP contribution in [0.3, 0.4) is 0 Å². The molecule has 5 heteroatoms. The van der Waals surface area contributed by atoms with Gasteiger partial charge < -0.3 is 20.5 Å². The van der Waals surface area contributed by atoms with E-state index in [4.69, 9.17) is 9.84 Å². The van der Waals surface area contributed by atoms with Gasteiger partial charge in [-0.3, -0.25) is 0 Å². The van der Waals surface area contributed by atoms with Crippen LogP contribution in [0.25, 0.3) is 0 Å². The van der Waals surface area contributed by atoms with E-state index >= 15 is 0 Å². The molecule has 128 valence electrons. The first-order chi connectivity index (χ1) is 11.0. The fourth-order valence-electron chi connectivity index (χ4n) is 3.18. The van der Waals surface area contributed by atoms with E-state index in [-0.39, 0.29) is 24.7 Å². The predicted molar refractivity (Wildman–Crippen MR) is 90.6 cm³/mol. The molecule has 1 unspecified atom stereocenters. The number of rotatable bonds is 5. The van der Waals surface area contributed by atoms with Crippen LogP contribution in [0.5, 0.6) is 5.75 Å². The number of urea groups is 1. The van der Waals surface area contributed by atoms with Crippen molar-refractivity contribution in [3.8, 4) is 5.75 Å². The number of carbonyl (C=O) groups is 1. The van der Waals surface area contributed by atoms with Crippen LogP contribution < -0.4 is 15.4 Å². The Morgan fingerprint density at radius 2 is 2.04 bits per heavy atom. The summed E-state index contributed by atoms with van der Waals surface area (Å²) in [6.07, 6.45) is 3.81. The number of nitrogens with one attached hydrogen (secondary N) is 2. The Kier molecular flexibility index (Phi) is 6.28. The van der Waals surface area contributed by atoms with E-state index in [0.29, 0.717) is 5.92 Å². The van der Waals surface area contributed by atoms with Gasteiger partial charge in [-0.1, -0.05) is 17.7 Å². The van der Waals surface area contributed by atoms with Gasteiger partial charge in [0.25, 0.3) is 0 Å². The van der Waals surface area contributed by atoms with Gasteiger partial charge in [-0.25, -0.2) is 4.79 Å². The van der Waals surface area contributed by atoms with Crippen molar-refractivity contribution in [1.82, 2.24) is 10.6 Å². The number of aliphatic hydroxyl groups excluding tert-OH is 1. The molecule has 0 bridgehead atoms. The summed E-state index contributed by atoms with van der Waals surface area (Å²) in [4.78, 5) is 12.2. The Morgan fingerprint density at radius 3 is 2.65 bits per heavy atom. The van der Waals surface area contributed by atoms with E-state index in [9.17, 15) is 4.79 Å². The van der Waals surface area contributed by atoms with Gasteiger partial charge in [0.05, 0.1) is 13.2 Å². The summed E-state index contributed by atoms with van der Waals surface area (Å²) < 4.78 is 5.38. The molecule has 2 rings (SSSR count). The summed E-state index contributed by atoms with van der Waals surface area (Å²) >= 11 is 0. The highest BCUT2D eigenvalue weighted by Gasteiger charge is 2.22. The third-order valence-corrected chi connectivity index (χ3v) is 4.64. The smallest absolute Gasteiger partial charge is 0.315 e. The minimum Gasteiger partial charge on any atom is -0.496 e. The molecule has 1 aromatic rings. The average molecular weight is 320 g/mol. The lowest BCUT2D eigenvalue weighted by Gasteiger charge is -2.28. The molecule has 5 nitrogen and oxygen atoms in total. The second kappa shape index (κ2) is 8.20. The zero-order valence-electron chi connectivity index (χ0n) is 14.3. The topological polar surface area (TPSA) is 70.6 Å². The quantitative estimate of drug-likeness (QED) is 0.781. The monoisotopic (exact) mass is 320 g/mol. The second-order valence-corrected chi connectivity index (χ2v) is 6.49. The number of aryl methyl sites for hydroxylation is 1. The van der Waals surface area contributed by atoms with Crippen LogP contribution in [0.1, 0.15) is 49.8 Å². The summed E-state index contributed by atoms with van der Waals surface area (Å²) in [5, 5.41) is 15.2. The summed E-state index contributed by atoms with van der Waals surface area (Å²) in [7, 11) is 1.64. The van der Waals surface area contributed by atoms with E-state index in [1.165, 1.54) is 0 Å². The largest absolute Gasteiger partial charge is 0.496 e. The first kappa shape index (κ1) is 17.6. The fourth-order valence-corrected chi connectivity index (χ4v) is 3.18. The molecule has 0 saturated heterocycles. The Hall–Kier alpha value is -1.75. The summed E-state index contributed by atoms with van der Waals surface area (Å²) in [6.45, 7) is 4.23. The van der Waals surface area contributed by atoms with Crippen LogP contribution >= 0.6 is 0 Å². The molecular weight excluding hydrogens is 292 g/mol. The first-order valence-electron chi connectivity index (χ1n) is 8.36. The molecule has 0 aromatic heterocycles. The number of carbonyl (C=O) groups excluding carboxylic acids is 1.